The largest absolute Gasteiger partial charge is 0.491 e. The first-order chi connectivity index (χ1) is 16.4. The summed E-state index contributed by atoms with van der Waals surface area (Å²) in [5.74, 6) is 2.59. The van der Waals surface area contributed by atoms with Crippen LogP contribution >= 0.6 is 0 Å². The van der Waals surface area contributed by atoms with Crippen LogP contribution in [-0.2, 0) is 10.9 Å². The molecule has 2 aromatic heterocycles. The van der Waals surface area contributed by atoms with E-state index in [9.17, 15) is 13.2 Å². The Hall–Kier alpha value is -2.92. The first-order valence-electron chi connectivity index (χ1n) is 11.5. The molecule has 1 saturated carbocycles. The Labute approximate surface area is 194 Å². The average molecular weight is 474 g/mol. The van der Waals surface area contributed by atoms with Gasteiger partial charge < -0.3 is 14.8 Å². The number of alkyl halides is 3. The molecule has 2 fully saturated rings. The minimum atomic E-state index is -4.44. The number of anilines is 1. The third-order valence-corrected chi connectivity index (χ3v) is 6.71. The van der Waals surface area contributed by atoms with Gasteiger partial charge in [-0.3, -0.25) is 4.90 Å². The van der Waals surface area contributed by atoms with Crippen LogP contribution < -0.4 is 10.1 Å². The number of rotatable bonds is 4. The Morgan fingerprint density at radius 3 is 2.79 bits per heavy atom. The van der Waals surface area contributed by atoms with Crippen molar-refractivity contribution >= 4 is 11.6 Å². The molecule has 11 heteroatoms. The van der Waals surface area contributed by atoms with Crippen LogP contribution in [0.4, 0.5) is 19.0 Å². The minimum absolute atomic E-state index is 0.0625. The standard InChI is InChI=1S/C23H25F3N6O2/c1-13-11-31(8-9-33-13)17-12-34-18-10-15(23(24,25)26)4-5-16(18)20(17)28-19-6-7-27-22-29-21(14-2-3-14)30-32(19)22/h4-7,10,13-14,17,20,28H,2-3,8-9,11-12H2,1H3. The highest BCUT2D eigenvalue weighted by Crippen LogP contribution is 2.41. The van der Waals surface area contributed by atoms with Crippen LogP contribution in [0.15, 0.2) is 30.5 Å². The Balaban J connectivity index is 1.39. The molecule has 3 unspecified atom stereocenters. The second-order valence-corrected chi connectivity index (χ2v) is 9.21. The summed E-state index contributed by atoms with van der Waals surface area (Å²) < 4.78 is 53.3. The van der Waals surface area contributed by atoms with Crippen LogP contribution in [0.5, 0.6) is 5.75 Å². The maximum atomic E-state index is 13.3. The number of ether oxygens (including phenoxy) is 2. The van der Waals surface area contributed by atoms with Crippen LogP contribution in [0.3, 0.4) is 0 Å². The topological polar surface area (TPSA) is 76.8 Å². The van der Waals surface area contributed by atoms with Crippen LogP contribution in [0.1, 0.15) is 48.7 Å². The van der Waals surface area contributed by atoms with Gasteiger partial charge in [0.2, 0.25) is 0 Å². The van der Waals surface area contributed by atoms with Gasteiger partial charge in [0.25, 0.3) is 5.78 Å². The number of nitrogens with one attached hydrogen (secondary N) is 1. The van der Waals surface area contributed by atoms with Gasteiger partial charge in [0, 0.05) is 30.8 Å². The number of nitrogens with zero attached hydrogens (tertiary/aromatic N) is 5. The van der Waals surface area contributed by atoms with Crippen molar-refractivity contribution in [2.75, 3.05) is 31.6 Å². The number of aromatic nitrogens is 4. The highest BCUT2D eigenvalue weighted by molar-refractivity contribution is 5.50. The van der Waals surface area contributed by atoms with Gasteiger partial charge in [-0.05, 0) is 38.0 Å². The number of morpholine rings is 1. The number of halogens is 3. The van der Waals surface area contributed by atoms with Crippen LogP contribution in [0, 0.1) is 0 Å². The smallest absolute Gasteiger partial charge is 0.416 e. The molecule has 0 spiro atoms. The summed E-state index contributed by atoms with van der Waals surface area (Å²) in [5.41, 5.74) is -0.0454. The molecule has 0 bridgehead atoms. The summed E-state index contributed by atoms with van der Waals surface area (Å²) >= 11 is 0. The lowest BCUT2D eigenvalue weighted by Crippen LogP contribution is -2.54. The van der Waals surface area contributed by atoms with E-state index >= 15 is 0 Å². The summed E-state index contributed by atoms with van der Waals surface area (Å²) in [6, 6.07) is 5.10. The first-order valence-corrected chi connectivity index (χ1v) is 11.5. The molecule has 0 radical (unpaired) electrons. The minimum Gasteiger partial charge on any atom is -0.491 e. The van der Waals surface area contributed by atoms with Gasteiger partial charge in [-0.1, -0.05) is 6.07 Å². The molecule has 1 aliphatic carbocycles. The van der Waals surface area contributed by atoms with Gasteiger partial charge in [-0.2, -0.15) is 22.7 Å². The van der Waals surface area contributed by atoms with E-state index in [1.54, 1.807) is 10.7 Å². The fourth-order valence-electron chi connectivity index (χ4n) is 4.80. The van der Waals surface area contributed by atoms with E-state index in [1.807, 2.05) is 13.0 Å². The predicted octanol–water partition coefficient (Wildman–Crippen LogP) is 3.66. The summed E-state index contributed by atoms with van der Waals surface area (Å²) in [7, 11) is 0. The molecule has 3 aromatic rings. The first kappa shape index (κ1) is 21.6. The lowest BCUT2D eigenvalue weighted by molar-refractivity contribution is -0.137. The van der Waals surface area contributed by atoms with Gasteiger partial charge in [0.1, 0.15) is 18.2 Å². The molecule has 2 aliphatic heterocycles. The fraction of sp³-hybridized carbons (Fsp3) is 0.522. The van der Waals surface area contributed by atoms with E-state index < -0.39 is 11.7 Å². The molecule has 1 aromatic carbocycles. The van der Waals surface area contributed by atoms with E-state index in [4.69, 9.17) is 9.47 Å². The Morgan fingerprint density at radius 1 is 1.18 bits per heavy atom. The summed E-state index contributed by atoms with van der Waals surface area (Å²) in [6.45, 7) is 4.30. The third-order valence-electron chi connectivity index (χ3n) is 6.71. The Kier molecular flexibility index (Phi) is 5.14. The predicted molar refractivity (Wildman–Crippen MR) is 117 cm³/mol. The Morgan fingerprint density at radius 2 is 2.03 bits per heavy atom. The second-order valence-electron chi connectivity index (χ2n) is 9.21. The summed E-state index contributed by atoms with van der Waals surface area (Å²) in [4.78, 5) is 11.2. The molecule has 180 valence electrons. The molecule has 1 N–H and O–H groups in total. The molecule has 3 atom stereocenters. The van der Waals surface area contributed by atoms with Gasteiger partial charge in [-0.25, -0.2) is 4.98 Å². The highest BCUT2D eigenvalue weighted by atomic mass is 19.4. The zero-order chi connectivity index (χ0) is 23.4. The number of fused-ring (bicyclic) bond motifs is 2. The molecular formula is C23H25F3N6O2. The third kappa shape index (κ3) is 3.96. The maximum absolute atomic E-state index is 13.3. The highest BCUT2D eigenvalue weighted by Gasteiger charge is 2.39. The maximum Gasteiger partial charge on any atom is 0.416 e. The molecule has 4 heterocycles. The molecular weight excluding hydrogens is 449 g/mol. The van der Waals surface area contributed by atoms with E-state index in [0.29, 0.717) is 42.8 Å². The van der Waals surface area contributed by atoms with Crippen LogP contribution in [0.2, 0.25) is 0 Å². The molecule has 6 rings (SSSR count). The van der Waals surface area contributed by atoms with Crippen molar-refractivity contribution in [2.45, 2.75) is 50.0 Å². The van der Waals surface area contributed by atoms with E-state index in [0.717, 1.165) is 30.8 Å². The van der Waals surface area contributed by atoms with E-state index in [1.165, 1.54) is 6.07 Å². The zero-order valence-corrected chi connectivity index (χ0v) is 18.6. The second kappa shape index (κ2) is 8.09. The van der Waals surface area contributed by atoms with Crippen molar-refractivity contribution in [3.63, 3.8) is 0 Å². The molecule has 3 aliphatic rings. The van der Waals surface area contributed by atoms with E-state index in [-0.39, 0.29) is 30.5 Å². The van der Waals surface area contributed by atoms with Gasteiger partial charge in [0.15, 0.2) is 5.82 Å². The normalized spacial score (nSPS) is 25.7. The van der Waals surface area contributed by atoms with E-state index in [2.05, 4.69) is 25.3 Å². The average Bonchev–Trinajstić information content (AvgIpc) is 3.57. The zero-order valence-electron chi connectivity index (χ0n) is 18.6. The SMILES string of the molecule is CC1CN(C2COc3cc(C(F)(F)F)ccc3C2Nc2ccnc3nc(C4CC4)nn23)CCO1. The van der Waals surface area contributed by atoms with Crippen molar-refractivity contribution < 1.29 is 22.6 Å². The fourth-order valence-corrected chi connectivity index (χ4v) is 4.80. The van der Waals surface area contributed by atoms with Crippen LogP contribution in [-0.4, -0.2) is 62.9 Å². The lowest BCUT2D eigenvalue weighted by atomic mass is 9.93. The molecule has 0 amide bonds. The van der Waals surface area contributed by atoms with Crippen molar-refractivity contribution in [3.05, 3.63) is 47.4 Å². The quantitative estimate of drug-likeness (QED) is 0.619. The Bertz CT molecular complexity index is 1210. The van der Waals surface area contributed by atoms with Crippen LogP contribution in [0.25, 0.3) is 5.78 Å². The number of hydrogen-bond donors (Lipinski definition) is 1. The summed E-state index contributed by atoms with van der Waals surface area (Å²) in [5, 5.41) is 8.21. The van der Waals surface area contributed by atoms with Gasteiger partial charge in [-0.15, -0.1) is 5.10 Å². The molecule has 34 heavy (non-hydrogen) atoms. The lowest BCUT2D eigenvalue weighted by Gasteiger charge is -2.44. The molecule has 8 nitrogen and oxygen atoms in total. The van der Waals surface area contributed by atoms with Crippen molar-refractivity contribution in [1.29, 1.82) is 0 Å². The van der Waals surface area contributed by atoms with Gasteiger partial charge in [0.05, 0.1) is 30.4 Å². The monoisotopic (exact) mass is 474 g/mol. The van der Waals surface area contributed by atoms with Crippen molar-refractivity contribution in [2.24, 2.45) is 0 Å². The number of benzene rings is 1. The van der Waals surface area contributed by atoms with Crippen molar-refractivity contribution in [1.82, 2.24) is 24.5 Å². The molecule has 1 saturated heterocycles. The van der Waals surface area contributed by atoms with Crippen molar-refractivity contribution in [3.8, 4) is 5.75 Å². The number of hydrogen-bond acceptors (Lipinski definition) is 7. The summed E-state index contributed by atoms with van der Waals surface area (Å²) in [6.07, 6.45) is -0.554. The van der Waals surface area contributed by atoms with Gasteiger partial charge >= 0.3 is 6.18 Å².